The third kappa shape index (κ3) is 6.26. The van der Waals surface area contributed by atoms with Gasteiger partial charge in [0.25, 0.3) is 5.91 Å². The van der Waals surface area contributed by atoms with E-state index in [2.05, 4.69) is 42.4 Å². The molecule has 1 N–H and O–H groups in total. The Balaban J connectivity index is 1.71. The van der Waals surface area contributed by atoms with Gasteiger partial charge in [-0.05, 0) is 83.0 Å². The Morgan fingerprint density at radius 1 is 1.00 bits per heavy atom. The summed E-state index contributed by atoms with van der Waals surface area (Å²) >= 11 is 6.67. The largest absolute Gasteiger partial charge is 0.490 e. The van der Waals surface area contributed by atoms with Crippen LogP contribution < -0.4 is 14.9 Å². The Labute approximate surface area is 196 Å². The maximum atomic E-state index is 12.4. The SMILES string of the molecule is CCOc1cc(C=NNC(=O)c2ccccc2Br)ccc1OC(=O)c1ccc(Br)cc1. The standard InChI is InChI=1S/C23H18Br2N2O4/c1-2-30-21-13-15(14-26-27-22(28)18-5-3-4-6-19(18)25)7-12-20(21)31-23(29)16-8-10-17(24)11-9-16/h3-14H,2H2,1H3,(H,27,28). The number of esters is 1. The number of nitrogens with zero attached hydrogens (tertiary/aromatic N) is 1. The number of amides is 1. The van der Waals surface area contributed by atoms with Crippen molar-refractivity contribution in [3.63, 3.8) is 0 Å². The van der Waals surface area contributed by atoms with Crippen LogP contribution in [0.1, 0.15) is 33.2 Å². The Kier molecular flexibility index (Phi) is 7.97. The zero-order valence-electron chi connectivity index (χ0n) is 16.5. The van der Waals surface area contributed by atoms with E-state index in [9.17, 15) is 9.59 Å². The number of nitrogens with one attached hydrogen (secondary N) is 1. The zero-order chi connectivity index (χ0) is 22.2. The average Bonchev–Trinajstić information content (AvgIpc) is 2.76. The van der Waals surface area contributed by atoms with E-state index in [1.165, 1.54) is 6.21 Å². The van der Waals surface area contributed by atoms with Crippen molar-refractivity contribution in [3.05, 3.63) is 92.4 Å². The molecule has 0 bridgehead atoms. The fourth-order valence-corrected chi connectivity index (χ4v) is 3.30. The first-order valence-corrected chi connectivity index (χ1v) is 10.9. The number of rotatable bonds is 7. The summed E-state index contributed by atoms with van der Waals surface area (Å²) in [6.07, 6.45) is 1.48. The quantitative estimate of drug-likeness (QED) is 0.182. The maximum Gasteiger partial charge on any atom is 0.343 e. The van der Waals surface area contributed by atoms with Crippen molar-refractivity contribution in [2.24, 2.45) is 5.10 Å². The van der Waals surface area contributed by atoms with Gasteiger partial charge in [-0.3, -0.25) is 4.79 Å². The maximum absolute atomic E-state index is 12.4. The van der Waals surface area contributed by atoms with Gasteiger partial charge in [-0.15, -0.1) is 0 Å². The van der Waals surface area contributed by atoms with Crippen molar-refractivity contribution < 1.29 is 19.1 Å². The van der Waals surface area contributed by atoms with Crippen LogP contribution in [0.2, 0.25) is 0 Å². The van der Waals surface area contributed by atoms with Crippen molar-refractivity contribution in [1.29, 1.82) is 0 Å². The summed E-state index contributed by atoms with van der Waals surface area (Å²) in [6.45, 7) is 2.22. The molecule has 0 aliphatic rings. The molecule has 3 rings (SSSR count). The molecule has 158 valence electrons. The fourth-order valence-electron chi connectivity index (χ4n) is 2.57. The Hall–Kier alpha value is -2.97. The number of ether oxygens (including phenoxy) is 2. The molecule has 1 amide bonds. The van der Waals surface area contributed by atoms with Gasteiger partial charge in [0.1, 0.15) is 0 Å². The van der Waals surface area contributed by atoms with Gasteiger partial charge in [0, 0.05) is 8.95 Å². The fraction of sp³-hybridized carbons (Fsp3) is 0.0870. The number of hydrogen-bond acceptors (Lipinski definition) is 5. The van der Waals surface area contributed by atoms with Gasteiger partial charge >= 0.3 is 5.97 Å². The van der Waals surface area contributed by atoms with Crippen LogP contribution in [0.4, 0.5) is 0 Å². The van der Waals surface area contributed by atoms with Crippen LogP contribution in [-0.2, 0) is 0 Å². The van der Waals surface area contributed by atoms with E-state index < -0.39 is 5.97 Å². The summed E-state index contributed by atoms with van der Waals surface area (Å²) in [5.74, 6) is -0.136. The first kappa shape index (κ1) is 22.7. The molecule has 6 nitrogen and oxygen atoms in total. The number of carbonyl (C=O) groups excluding carboxylic acids is 2. The molecule has 0 aliphatic carbocycles. The first-order valence-electron chi connectivity index (χ1n) is 9.30. The highest BCUT2D eigenvalue weighted by Gasteiger charge is 2.13. The lowest BCUT2D eigenvalue weighted by Crippen LogP contribution is -2.18. The smallest absolute Gasteiger partial charge is 0.343 e. The van der Waals surface area contributed by atoms with Gasteiger partial charge in [0.15, 0.2) is 11.5 Å². The van der Waals surface area contributed by atoms with E-state index in [1.807, 2.05) is 13.0 Å². The molecule has 0 aliphatic heterocycles. The van der Waals surface area contributed by atoms with Gasteiger partial charge in [0.2, 0.25) is 0 Å². The topological polar surface area (TPSA) is 77.0 Å². The first-order chi connectivity index (χ1) is 15.0. The summed E-state index contributed by atoms with van der Waals surface area (Å²) in [4.78, 5) is 24.6. The Bertz CT molecular complexity index is 1110. The molecule has 31 heavy (non-hydrogen) atoms. The van der Waals surface area contributed by atoms with E-state index in [0.29, 0.717) is 39.3 Å². The van der Waals surface area contributed by atoms with Crippen LogP contribution in [0.5, 0.6) is 11.5 Å². The minimum atomic E-state index is -0.490. The van der Waals surface area contributed by atoms with Crippen LogP contribution in [0.3, 0.4) is 0 Å². The van der Waals surface area contributed by atoms with Crippen molar-refractivity contribution >= 4 is 50.0 Å². The lowest BCUT2D eigenvalue weighted by atomic mass is 10.2. The molecule has 0 unspecified atom stereocenters. The second-order valence-electron chi connectivity index (χ2n) is 6.21. The zero-order valence-corrected chi connectivity index (χ0v) is 19.6. The van der Waals surface area contributed by atoms with Crippen molar-refractivity contribution in [2.75, 3.05) is 6.61 Å². The van der Waals surface area contributed by atoms with Gasteiger partial charge in [-0.25, -0.2) is 10.2 Å². The van der Waals surface area contributed by atoms with Crippen LogP contribution in [0, 0.1) is 0 Å². The van der Waals surface area contributed by atoms with E-state index in [1.54, 1.807) is 60.7 Å². The predicted molar refractivity (Wildman–Crippen MR) is 126 cm³/mol. The molecular weight excluding hydrogens is 528 g/mol. The van der Waals surface area contributed by atoms with Gasteiger partial charge in [-0.2, -0.15) is 5.10 Å². The van der Waals surface area contributed by atoms with Crippen LogP contribution in [-0.4, -0.2) is 24.7 Å². The monoisotopic (exact) mass is 544 g/mol. The van der Waals surface area contributed by atoms with Crippen molar-refractivity contribution in [3.8, 4) is 11.5 Å². The Morgan fingerprint density at radius 3 is 2.45 bits per heavy atom. The van der Waals surface area contributed by atoms with Crippen molar-refractivity contribution in [2.45, 2.75) is 6.92 Å². The third-order valence-electron chi connectivity index (χ3n) is 4.05. The van der Waals surface area contributed by atoms with Crippen LogP contribution >= 0.6 is 31.9 Å². The average molecular weight is 546 g/mol. The molecule has 3 aromatic rings. The number of hydrogen-bond donors (Lipinski definition) is 1. The minimum absolute atomic E-state index is 0.296. The molecule has 3 aromatic carbocycles. The Morgan fingerprint density at radius 2 is 1.74 bits per heavy atom. The molecule has 0 aromatic heterocycles. The summed E-state index contributed by atoms with van der Waals surface area (Å²) in [5, 5.41) is 3.99. The van der Waals surface area contributed by atoms with E-state index >= 15 is 0 Å². The molecule has 0 heterocycles. The van der Waals surface area contributed by atoms with Crippen molar-refractivity contribution in [1.82, 2.24) is 5.43 Å². The van der Waals surface area contributed by atoms with Crippen LogP contribution in [0.25, 0.3) is 0 Å². The second kappa shape index (κ2) is 10.9. The molecule has 0 spiro atoms. The predicted octanol–water partition coefficient (Wildman–Crippen LogP) is 5.59. The lowest BCUT2D eigenvalue weighted by Gasteiger charge is -2.11. The second-order valence-corrected chi connectivity index (χ2v) is 7.98. The van der Waals surface area contributed by atoms with Gasteiger partial charge in [-0.1, -0.05) is 28.1 Å². The summed E-state index contributed by atoms with van der Waals surface area (Å²) in [5.41, 5.74) is 4.05. The molecule has 0 radical (unpaired) electrons. The molecule has 0 saturated carbocycles. The minimum Gasteiger partial charge on any atom is -0.490 e. The van der Waals surface area contributed by atoms with E-state index in [0.717, 1.165) is 4.47 Å². The lowest BCUT2D eigenvalue weighted by molar-refractivity contribution is 0.0728. The van der Waals surface area contributed by atoms with Gasteiger partial charge < -0.3 is 9.47 Å². The highest BCUT2D eigenvalue weighted by atomic mass is 79.9. The summed E-state index contributed by atoms with van der Waals surface area (Å²) in [7, 11) is 0. The summed E-state index contributed by atoms with van der Waals surface area (Å²) in [6, 6.07) is 18.9. The highest BCUT2D eigenvalue weighted by Crippen LogP contribution is 2.29. The normalized spacial score (nSPS) is 10.7. The molecule has 0 fully saturated rings. The summed E-state index contributed by atoms with van der Waals surface area (Å²) < 4.78 is 12.6. The number of hydrazone groups is 1. The van der Waals surface area contributed by atoms with E-state index in [4.69, 9.17) is 9.47 Å². The third-order valence-corrected chi connectivity index (χ3v) is 5.27. The number of halogens is 2. The molecule has 0 saturated heterocycles. The number of carbonyl (C=O) groups is 2. The molecule has 8 heteroatoms. The van der Waals surface area contributed by atoms with Crippen LogP contribution in [0.15, 0.2) is 80.8 Å². The molecule has 0 atom stereocenters. The molecular formula is C23H18Br2N2O4. The number of benzene rings is 3. The van der Waals surface area contributed by atoms with Gasteiger partial charge in [0.05, 0.1) is 23.9 Å². The van der Waals surface area contributed by atoms with E-state index in [-0.39, 0.29) is 5.91 Å². The highest BCUT2D eigenvalue weighted by molar-refractivity contribution is 9.10.